The summed E-state index contributed by atoms with van der Waals surface area (Å²) in [5, 5.41) is -0.423. The molecule has 0 radical (unpaired) electrons. The second-order valence-electron chi connectivity index (χ2n) is 5.76. The van der Waals surface area contributed by atoms with Crippen molar-refractivity contribution in [1.82, 2.24) is 0 Å². The molecule has 1 saturated heterocycles. The lowest BCUT2D eigenvalue weighted by atomic mass is 10.1. The van der Waals surface area contributed by atoms with Crippen LogP contribution >= 0.6 is 11.8 Å². The van der Waals surface area contributed by atoms with E-state index in [0.717, 1.165) is 16.0 Å². The van der Waals surface area contributed by atoms with E-state index in [1.165, 1.54) is 16.7 Å². The van der Waals surface area contributed by atoms with Gasteiger partial charge in [-0.3, -0.25) is 9.59 Å². The Bertz CT molecular complexity index is 768. The predicted molar refractivity (Wildman–Crippen MR) is 93.5 cm³/mol. The van der Waals surface area contributed by atoms with Gasteiger partial charge in [0.25, 0.3) is 0 Å². The van der Waals surface area contributed by atoms with E-state index in [0.29, 0.717) is 11.4 Å². The normalized spacial score (nSPS) is 17.8. The molecule has 5 heteroatoms. The number of benzene rings is 2. The van der Waals surface area contributed by atoms with Gasteiger partial charge in [-0.2, -0.15) is 0 Å². The molecule has 1 heterocycles. The van der Waals surface area contributed by atoms with Gasteiger partial charge in [0.2, 0.25) is 11.8 Å². The van der Waals surface area contributed by atoms with Gasteiger partial charge >= 0.3 is 0 Å². The van der Waals surface area contributed by atoms with Gasteiger partial charge in [0.15, 0.2) is 0 Å². The number of nitrogens with two attached hydrogens (primary N) is 1. The molecule has 0 spiro atoms. The molecule has 0 saturated carbocycles. The number of thioether (sulfide) groups is 1. The molecule has 3 rings (SSSR count). The number of hydrogen-bond acceptors (Lipinski definition) is 4. The molecule has 2 amide bonds. The van der Waals surface area contributed by atoms with Crippen LogP contribution in [0, 0.1) is 13.8 Å². The Morgan fingerprint density at radius 1 is 1.09 bits per heavy atom. The van der Waals surface area contributed by atoms with Crippen LogP contribution in [-0.2, 0) is 9.59 Å². The number of rotatable bonds is 3. The first-order valence-electron chi connectivity index (χ1n) is 7.42. The van der Waals surface area contributed by atoms with Crippen molar-refractivity contribution in [1.29, 1.82) is 0 Å². The number of nitrogens with zero attached hydrogens (tertiary/aromatic N) is 1. The highest BCUT2D eigenvalue weighted by Crippen LogP contribution is 2.36. The molecule has 1 aliphatic heterocycles. The number of carbonyl (C=O) groups is 2. The van der Waals surface area contributed by atoms with Crippen molar-refractivity contribution in [3.05, 3.63) is 53.6 Å². The molecule has 2 aromatic rings. The SMILES string of the molecule is Cc1cc(C)cc(N2C(=O)CC(Sc3ccccc3N)C2=O)c1. The maximum absolute atomic E-state index is 12.7. The highest BCUT2D eigenvalue weighted by atomic mass is 32.2. The van der Waals surface area contributed by atoms with Gasteiger partial charge in [0.1, 0.15) is 0 Å². The molecule has 1 fully saturated rings. The quantitative estimate of drug-likeness (QED) is 0.694. The van der Waals surface area contributed by atoms with E-state index in [-0.39, 0.29) is 18.2 Å². The fourth-order valence-corrected chi connectivity index (χ4v) is 3.89. The van der Waals surface area contributed by atoms with Crippen molar-refractivity contribution in [3.8, 4) is 0 Å². The number of nitrogen functional groups attached to an aromatic ring is 1. The van der Waals surface area contributed by atoms with E-state index >= 15 is 0 Å². The summed E-state index contributed by atoms with van der Waals surface area (Å²) in [6, 6.07) is 13.2. The minimum Gasteiger partial charge on any atom is -0.398 e. The molecular formula is C18H18N2O2S. The molecule has 0 aromatic heterocycles. The fraction of sp³-hybridized carbons (Fsp3) is 0.222. The minimum absolute atomic E-state index is 0.160. The highest BCUT2D eigenvalue weighted by molar-refractivity contribution is 8.00. The summed E-state index contributed by atoms with van der Waals surface area (Å²) >= 11 is 1.36. The summed E-state index contributed by atoms with van der Waals surface area (Å²) in [5.41, 5.74) is 9.28. The fourth-order valence-electron chi connectivity index (χ4n) is 2.79. The number of carbonyl (C=O) groups excluding carboxylic acids is 2. The number of imide groups is 1. The van der Waals surface area contributed by atoms with Crippen LogP contribution in [0.5, 0.6) is 0 Å². The number of anilines is 2. The second-order valence-corrected chi connectivity index (χ2v) is 7.01. The Hall–Kier alpha value is -2.27. The first kappa shape index (κ1) is 15.6. The maximum Gasteiger partial charge on any atom is 0.247 e. The molecule has 0 bridgehead atoms. The first-order chi connectivity index (χ1) is 11.0. The van der Waals surface area contributed by atoms with Gasteiger partial charge in [0, 0.05) is 17.0 Å². The average Bonchev–Trinajstić information content (AvgIpc) is 2.75. The second kappa shape index (κ2) is 6.08. The van der Waals surface area contributed by atoms with E-state index in [1.54, 1.807) is 6.07 Å². The summed E-state index contributed by atoms with van der Waals surface area (Å²) in [4.78, 5) is 27.2. The van der Waals surface area contributed by atoms with Crippen LogP contribution in [0.15, 0.2) is 47.4 Å². The molecule has 1 unspecified atom stereocenters. The van der Waals surface area contributed by atoms with E-state index in [1.807, 2.05) is 50.2 Å². The van der Waals surface area contributed by atoms with E-state index in [4.69, 9.17) is 5.73 Å². The third-order valence-corrected chi connectivity index (χ3v) is 5.04. The number of hydrogen-bond donors (Lipinski definition) is 1. The van der Waals surface area contributed by atoms with Crippen molar-refractivity contribution in [3.63, 3.8) is 0 Å². The zero-order valence-electron chi connectivity index (χ0n) is 13.1. The third kappa shape index (κ3) is 3.10. The van der Waals surface area contributed by atoms with Crippen molar-refractivity contribution < 1.29 is 9.59 Å². The summed E-state index contributed by atoms with van der Waals surface area (Å²) < 4.78 is 0. The first-order valence-corrected chi connectivity index (χ1v) is 8.30. The maximum atomic E-state index is 12.7. The molecule has 1 aliphatic rings. The van der Waals surface area contributed by atoms with Gasteiger partial charge in [-0.15, -0.1) is 11.8 Å². The zero-order valence-corrected chi connectivity index (χ0v) is 13.9. The topological polar surface area (TPSA) is 63.4 Å². The third-order valence-electron chi connectivity index (χ3n) is 3.76. The van der Waals surface area contributed by atoms with Crippen LogP contribution in [0.1, 0.15) is 17.5 Å². The lowest BCUT2D eigenvalue weighted by Crippen LogP contribution is -2.31. The van der Waals surface area contributed by atoms with Crippen molar-refractivity contribution in [2.75, 3.05) is 10.6 Å². The number of para-hydroxylation sites is 1. The Balaban J connectivity index is 1.87. The van der Waals surface area contributed by atoms with Crippen LogP contribution in [0.2, 0.25) is 0 Å². The minimum atomic E-state index is -0.423. The summed E-state index contributed by atoms with van der Waals surface area (Å²) in [5.74, 6) is -0.333. The highest BCUT2D eigenvalue weighted by Gasteiger charge is 2.40. The molecule has 2 N–H and O–H groups in total. The Morgan fingerprint density at radius 3 is 2.39 bits per heavy atom. The summed E-state index contributed by atoms with van der Waals surface area (Å²) in [6.07, 6.45) is 0.199. The van der Waals surface area contributed by atoms with Crippen LogP contribution in [0.25, 0.3) is 0 Å². The van der Waals surface area contributed by atoms with Crippen LogP contribution in [0.4, 0.5) is 11.4 Å². The molecule has 4 nitrogen and oxygen atoms in total. The molecule has 2 aromatic carbocycles. The molecule has 0 aliphatic carbocycles. The van der Waals surface area contributed by atoms with E-state index in [2.05, 4.69) is 0 Å². The molecule has 23 heavy (non-hydrogen) atoms. The summed E-state index contributed by atoms with van der Waals surface area (Å²) in [6.45, 7) is 3.91. The van der Waals surface area contributed by atoms with Crippen LogP contribution < -0.4 is 10.6 Å². The molecule has 1 atom stereocenters. The predicted octanol–water partition coefficient (Wildman–Crippen LogP) is 3.31. The molecule has 118 valence electrons. The van der Waals surface area contributed by atoms with Crippen molar-refractivity contribution in [2.24, 2.45) is 0 Å². The summed E-state index contributed by atoms with van der Waals surface area (Å²) in [7, 11) is 0. The Kier molecular flexibility index (Phi) is 4.13. The van der Waals surface area contributed by atoms with Gasteiger partial charge < -0.3 is 5.73 Å². The Labute approximate surface area is 139 Å². The number of amides is 2. The number of aryl methyl sites for hydroxylation is 2. The van der Waals surface area contributed by atoms with Gasteiger partial charge in [0.05, 0.1) is 10.9 Å². The zero-order chi connectivity index (χ0) is 16.6. The van der Waals surface area contributed by atoms with E-state index in [9.17, 15) is 9.59 Å². The van der Waals surface area contributed by atoms with Crippen molar-refractivity contribution >= 4 is 35.0 Å². The van der Waals surface area contributed by atoms with E-state index < -0.39 is 5.25 Å². The monoisotopic (exact) mass is 326 g/mol. The van der Waals surface area contributed by atoms with Crippen molar-refractivity contribution in [2.45, 2.75) is 30.4 Å². The Morgan fingerprint density at radius 2 is 1.74 bits per heavy atom. The van der Waals surface area contributed by atoms with Gasteiger partial charge in [-0.05, 0) is 49.2 Å². The van der Waals surface area contributed by atoms with Crippen LogP contribution in [0.3, 0.4) is 0 Å². The molecular weight excluding hydrogens is 308 g/mol. The van der Waals surface area contributed by atoms with Gasteiger partial charge in [-0.1, -0.05) is 18.2 Å². The average molecular weight is 326 g/mol. The largest absolute Gasteiger partial charge is 0.398 e. The van der Waals surface area contributed by atoms with Gasteiger partial charge in [-0.25, -0.2) is 4.90 Å². The van der Waals surface area contributed by atoms with Crippen LogP contribution in [-0.4, -0.2) is 17.1 Å². The standard InChI is InChI=1S/C18H18N2O2S/c1-11-7-12(2)9-13(8-11)20-17(21)10-16(18(20)22)23-15-6-4-3-5-14(15)19/h3-9,16H,10,19H2,1-2H3. The lowest BCUT2D eigenvalue weighted by Gasteiger charge is -2.16. The lowest BCUT2D eigenvalue weighted by molar-refractivity contribution is -0.121. The smallest absolute Gasteiger partial charge is 0.247 e.